The Kier molecular flexibility index (Phi) is 6.17. The predicted octanol–water partition coefficient (Wildman–Crippen LogP) is 4.30. The lowest BCUT2D eigenvalue weighted by Crippen LogP contribution is -1.83. The molecule has 0 radical (unpaired) electrons. The summed E-state index contributed by atoms with van der Waals surface area (Å²) in [5.41, 5.74) is 1.81. The van der Waals surface area contributed by atoms with Gasteiger partial charge in [0.2, 0.25) is 0 Å². The maximum absolute atomic E-state index is 9.51. The number of phenolic OH excluding ortho intramolecular Hbond substituents is 2. The molecule has 2 aromatic rings. The van der Waals surface area contributed by atoms with E-state index < -0.39 is 0 Å². The zero-order valence-electron chi connectivity index (χ0n) is 12.0. The second kappa shape index (κ2) is 7.89. The monoisotopic (exact) mass is 272 g/mol. The zero-order valence-corrected chi connectivity index (χ0v) is 12.0. The third-order valence-electron chi connectivity index (χ3n) is 2.51. The molecule has 0 amide bonds. The molecule has 0 aliphatic rings. The molecular weight excluding hydrogens is 252 g/mol. The maximum atomic E-state index is 9.51. The predicted molar refractivity (Wildman–Crippen MR) is 83.0 cm³/mol. The van der Waals surface area contributed by atoms with E-state index in [-0.39, 0.29) is 11.5 Å². The third-order valence-corrected chi connectivity index (χ3v) is 2.51. The highest BCUT2D eigenvalue weighted by Crippen LogP contribution is 2.23. The number of benzene rings is 2. The summed E-state index contributed by atoms with van der Waals surface area (Å²) >= 11 is 0. The van der Waals surface area contributed by atoms with Crippen LogP contribution < -0.4 is 4.74 Å². The fourth-order valence-corrected chi connectivity index (χ4v) is 1.60. The molecule has 106 valence electrons. The molecule has 0 aliphatic carbocycles. The van der Waals surface area contributed by atoms with Crippen LogP contribution in [0.1, 0.15) is 25.0 Å². The molecule has 2 N–H and O–H groups in total. The molecule has 0 saturated carbocycles. The number of hydrogen-bond donors (Lipinski definition) is 2. The molecule has 0 heterocycles. The number of methoxy groups -OCH3 is 1. The second-order valence-corrected chi connectivity index (χ2v) is 3.89. The largest absolute Gasteiger partial charge is 0.508 e. The number of rotatable bonds is 3. The van der Waals surface area contributed by atoms with Crippen LogP contribution in [0.15, 0.2) is 42.5 Å². The Morgan fingerprint density at radius 3 is 2.00 bits per heavy atom. The summed E-state index contributed by atoms with van der Waals surface area (Å²) in [6.07, 6.45) is 3.77. The van der Waals surface area contributed by atoms with E-state index in [1.54, 1.807) is 31.4 Å². The number of ether oxygens (including phenoxy) is 1. The van der Waals surface area contributed by atoms with Crippen molar-refractivity contribution in [2.75, 3.05) is 7.11 Å². The van der Waals surface area contributed by atoms with Crippen LogP contribution in [-0.2, 0) is 0 Å². The van der Waals surface area contributed by atoms with Crippen molar-refractivity contribution in [3.8, 4) is 17.2 Å². The van der Waals surface area contributed by atoms with Crippen LogP contribution >= 0.6 is 0 Å². The Hall–Kier alpha value is -2.42. The Labute approximate surface area is 119 Å². The van der Waals surface area contributed by atoms with Crippen molar-refractivity contribution >= 4 is 12.2 Å². The molecule has 0 aliphatic heterocycles. The van der Waals surface area contributed by atoms with Crippen LogP contribution in [0, 0.1) is 0 Å². The van der Waals surface area contributed by atoms with Gasteiger partial charge >= 0.3 is 0 Å². The molecule has 3 nitrogen and oxygen atoms in total. The van der Waals surface area contributed by atoms with Crippen LogP contribution in [0.3, 0.4) is 0 Å². The van der Waals surface area contributed by atoms with Gasteiger partial charge in [-0.25, -0.2) is 0 Å². The third kappa shape index (κ3) is 4.69. The van der Waals surface area contributed by atoms with Gasteiger partial charge in [-0.3, -0.25) is 0 Å². The molecule has 0 aromatic heterocycles. The number of aromatic hydroxyl groups is 2. The first-order chi connectivity index (χ1) is 9.67. The van der Waals surface area contributed by atoms with Gasteiger partial charge in [-0.2, -0.15) is 0 Å². The van der Waals surface area contributed by atoms with E-state index in [9.17, 15) is 10.2 Å². The van der Waals surface area contributed by atoms with E-state index in [0.717, 1.165) is 11.1 Å². The van der Waals surface area contributed by atoms with Crippen LogP contribution in [0.25, 0.3) is 12.2 Å². The first-order valence-corrected chi connectivity index (χ1v) is 6.52. The highest BCUT2D eigenvalue weighted by molar-refractivity contribution is 5.71. The number of phenols is 2. The molecule has 0 unspecified atom stereocenters. The molecule has 0 bridgehead atoms. The van der Waals surface area contributed by atoms with Gasteiger partial charge in [0.1, 0.15) is 17.2 Å². The fourth-order valence-electron chi connectivity index (χ4n) is 1.60. The summed E-state index contributed by atoms with van der Waals surface area (Å²) in [7, 11) is 1.56. The lowest BCUT2D eigenvalue weighted by Gasteiger charge is -2.02. The number of hydrogen-bond acceptors (Lipinski definition) is 3. The molecule has 0 atom stereocenters. The van der Waals surface area contributed by atoms with Crippen LogP contribution in [0.4, 0.5) is 0 Å². The average molecular weight is 272 g/mol. The molecule has 2 aromatic carbocycles. The van der Waals surface area contributed by atoms with E-state index >= 15 is 0 Å². The highest BCUT2D eigenvalue weighted by atomic mass is 16.5. The lowest BCUT2D eigenvalue weighted by molar-refractivity contribution is 0.407. The Bertz CT molecular complexity index is 557. The zero-order chi connectivity index (χ0) is 15.0. The van der Waals surface area contributed by atoms with E-state index in [1.165, 1.54) is 0 Å². The van der Waals surface area contributed by atoms with Gasteiger partial charge in [-0.1, -0.05) is 38.1 Å². The summed E-state index contributed by atoms with van der Waals surface area (Å²) < 4.78 is 5.08. The second-order valence-electron chi connectivity index (χ2n) is 3.89. The molecule has 0 spiro atoms. The standard InChI is InChI=1S/C15H14O3.C2H6/c1-18-15-9-12(8-14(17)10-15)3-2-11-4-6-13(16)7-5-11;1-2/h2-10,16-17H,1H3;1-2H3/b3-2+;. The summed E-state index contributed by atoms with van der Waals surface area (Å²) in [5.74, 6) is 1.02. The van der Waals surface area contributed by atoms with Crippen molar-refractivity contribution < 1.29 is 14.9 Å². The lowest BCUT2D eigenvalue weighted by atomic mass is 10.1. The molecule has 2 rings (SSSR count). The molecule has 20 heavy (non-hydrogen) atoms. The van der Waals surface area contributed by atoms with Crippen molar-refractivity contribution in [3.63, 3.8) is 0 Å². The van der Waals surface area contributed by atoms with Crippen molar-refractivity contribution in [3.05, 3.63) is 53.6 Å². The summed E-state index contributed by atoms with van der Waals surface area (Å²) in [5, 5.41) is 18.7. The van der Waals surface area contributed by atoms with E-state index in [2.05, 4.69) is 0 Å². The topological polar surface area (TPSA) is 49.7 Å². The van der Waals surface area contributed by atoms with Gasteiger partial charge in [0, 0.05) is 6.07 Å². The molecular formula is C17H20O3. The quantitative estimate of drug-likeness (QED) is 0.819. The first-order valence-electron chi connectivity index (χ1n) is 6.52. The minimum absolute atomic E-state index is 0.166. The maximum Gasteiger partial charge on any atom is 0.123 e. The van der Waals surface area contributed by atoms with Gasteiger partial charge in [-0.05, 0) is 35.4 Å². The van der Waals surface area contributed by atoms with Crippen molar-refractivity contribution in [1.82, 2.24) is 0 Å². The Morgan fingerprint density at radius 2 is 1.40 bits per heavy atom. The Balaban J connectivity index is 0.000000956. The van der Waals surface area contributed by atoms with Gasteiger partial charge in [-0.15, -0.1) is 0 Å². The smallest absolute Gasteiger partial charge is 0.123 e. The molecule has 0 saturated heterocycles. The van der Waals surface area contributed by atoms with Crippen molar-refractivity contribution in [2.24, 2.45) is 0 Å². The van der Waals surface area contributed by atoms with Crippen molar-refractivity contribution in [2.45, 2.75) is 13.8 Å². The molecule has 0 fully saturated rings. The SMILES string of the molecule is CC.COc1cc(O)cc(/C=C/c2ccc(O)cc2)c1. The highest BCUT2D eigenvalue weighted by Gasteiger charge is 1.97. The minimum Gasteiger partial charge on any atom is -0.508 e. The minimum atomic E-state index is 0.166. The van der Waals surface area contributed by atoms with Crippen LogP contribution in [0.2, 0.25) is 0 Å². The average Bonchev–Trinajstić information content (AvgIpc) is 2.48. The normalized spacial score (nSPS) is 9.95. The van der Waals surface area contributed by atoms with Crippen LogP contribution in [-0.4, -0.2) is 17.3 Å². The van der Waals surface area contributed by atoms with Gasteiger partial charge in [0.25, 0.3) is 0 Å². The van der Waals surface area contributed by atoms with E-state index in [0.29, 0.717) is 5.75 Å². The van der Waals surface area contributed by atoms with Gasteiger partial charge in [0.15, 0.2) is 0 Å². The summed E-state index contributed by atoms with van der Waals surface area (Å²) in [6, 6.07) is 11.9. The summed E-state index contributed by atoms with van der Waals surface area (Å²) in [6.45, 7) is 4.00. The van der Waals surface area contributed by atoms with Gasteiger partial charge in [0.05, 0.1) is 7.11 Å². The van der Waals surface area contributed by atoms with E-state index in [1.807, 2.05) is 44.2 Å². The molecule has 3 heteroatoms. The van der Waals surface area contributed by atoms with Crippen molar-refractivity contribution in [1.29, 1.82) is 0 Å². The Morgan fingerprint density at radius 1 is 0.800 bits per heavy atom. The first kappa shape index (κ1) is 15.6. The fraction of sp³-hybridized carbons (Fsp3) is 0.176. The summed E-state index contributed by atoms with van der Waals surface area (Å²) in [4.78, 5) is 0. The van der Waals surface area contributed by atoms with Gasteiger partial charge < -0.3 is 14.9 Å². The van der Waals surface area contributed by atoms with E-state index in [4.69, 9.17) is 4.74 Å². The van der Waals surface area contributed by atoms with Crippen LogP contribution in [0.5, 0.6) is 17.2 Å².